The molecule has 0 aromatic rings. The van der Waals surface area contributed by atoms with Gasteiger partial charge in [-0.1, -0.05) is 0 Å². The minimum absolute atomic E-state index is 0.848. The van der Waals surface area contributed by atoms with Gasteiger partial charge in [-0.3, -0.25) is 0 Å². The van der Waals surface area contributed by atoms with E-state index < -0.39 is 18.4 Å². The van der Waals surface area contributed by atoms with E-state index >= 15 is 0 Å². The van der Waals surface area contributed by atoms with Gasteiger partial charge in [0.25, 0.3) is 0 Å². The molecule has 0 heterocycles. The van der Waals surface area contributed by atoms with E-state index in [-0.39, 0.29) is 0 Å². The average molecular weight is 418 g/mol. The van der Waals surface area contributed by atoms with Crippen LogP contribution < -0.4 is 0 Å². The van der Waals surface area contributed by atoms with Gasteiger partial charge in [0.05, 0.1) is 0 Å². The fourth-order valence-electron chi connectivity index (χ4n) is 4.54. The number of rotatable bonds is 14. The van der Waals surface area contributed by atoms with Gasteiger partial charge in [0.1, 0.15) is 0 Å². The summed E-state index contributed by atoms with van der Waals surface area (Å²) in [5.41, 5.74) is 0. The predicted octanol–water partition coefficient (Wildman–Crippen LogP) is 6.74. The molecule has 0 saturated heterocycles. The van der Waals surface area contributed by atoms with Crippen LogP contribution in [-0.2, 0) is 0 Å². The first kappa shape index (κ1) is 22.8. The number of hydrogen-bond acceptors (Lipinski definition) is 1. The molecule has 0 saturated carbocycles. The van der Waals surface area contributed by atoms with Crippen molar-refractivity contribution in [3.05, 3.63) is 0 Å². The molecule has 0 radical (unpaired) electrons. The molecule has 22 heavy (non-hydrogen) atoms. The fraction of sp³-hybridized carbons (Fsp3) is 1.00. The van der Waals surface area contributed by atoms with Crippen molar-refractivity contribution in [3.8, 4) is 0 Å². The quantitative estimate of drug-likeness (QED) is 0.283. The molecule has 0 aromatic heterocycles. The van der Waals surface area contributed by atoms with Crippen LogP contribution in [0.15, 0.2) is 0 Å². The third-order valence-electron chi connectivity index (χ3n) is 5.55. The maximum absolute atomic E-state index is 2.86. The molecule has 1 unspecified atom stereocenters. The summed E-state index contributed by atoms with van der Waals surface area (Å²) in [5.74, 6) is 0.848. The molecule has 134 valence electrons. The fourth-order valence-corrected chi connectivity index (χ4v) is 25.6. The molecular weight excluding hydrogens is 373 g/mol. The van der Waals surface area contributed by atoms with E-state index in [2.05, 4.69) is 53.4 Å². The first-order valence-corrected chi connectivity index (χ1v) is 18.0. The molecule has 0 aliphatic carbocycles. The maximum atomic E-state index is 2.86. The topological polar surface area (TPSA) is 3.24 Å². The molecule has 0 aliphatic rings. The second-order valence-corrected chi connectivity index (χ2v) is 21.3. The van der Waals surface area contributed by atoms with E-state index in [9.17, 15) is 0 Å². The molecule has 0 bridgehead atoms. The van der Waals surface area contributed by atoms with Gasteiger partial charge in [0.15, 0.2) is 0 Å². The average Bonchev–Trinajstić information content (AvgIpc) is 2.52. The standard InChI is InChI=1S/C8H18N.3C4H9.Sn/c1-5-9(6-2)7-8(3)4;3*1-3-4-2;/h7-8H,5-6H2,1-4H3;3*1,3-4H2,2H3;. The Morgan fingerprint density at radius 3 is 1.27 bits per heavy atom. The summed E-state index contributed by atoms with van der Waals surface area (Å²) < 4.78 is 5.90. The van der Waals surface area contributed by atoms with Crippen molar-refractivity contribution in [2.75, 3.05) is 13.1 Å². The number of nitrogens with zero attached hydrogens (tertiary/aromatic N) is 1. The van der Waals surface area contributed by atoms with Crippen LogP contribution in [0.4, 0.5) is 0 Å². The second kappa shape index (κ2) is 13.1. The molecule has 0 N–H and O–H groups in total. The Hall–Kier alpha value is 0.759. The molecule has 0 aromatic carbocycles. The molecule has 0 aliphatic heterocycles. The second-order valence-electron chi connectivity index (χ2n) is 7.58. The van der Waals surface area contributed by atoms with Crippen molar-refractivity contribution in [2.24, 2.45) is 5.92 Å². The monoisotopic (exact) mass is 419 g/mol. The van der Waals surface area contributed by atoms with Crippen LogP contribution in [0.1, 0.15) is 87.0 Å². The Bertz CT molecular complexity index is 226. The van der Waals surface area contributed by atoms with E-state index in [1.807, 2.05) is 0 Å². The van der Waals surface area contributed by atoms with E-state index in [1.54, 1.807) is 13.3 Å². The van der Waals surface area contributed by atoms with Crippen molar-refractivity contribution < 1.29 is 0 Å². The van der Waals surface area contributed by atoms with E-state index in [0.29, 0.717) is 0 Å². The van der Waals surface area contributed by atoms with Gasteiger partial charge < -0.3 is 0 Å². The predicted molar refractivity (Wildman–Crippen MR) is 106 cm³/mol. The summed E-state index contributed by atoms with van der Waals surface area (Å²) >= 11 is -2.14. The van der Waals surface area contributed by atoms with Crippen LogP contribution in [0.5, 0.6) is 0 Å². The third kappa shape index (κ3) is 7.11. The summed E-state index contributed by atoms with van der Waals surface area (Å²) in [5, 5.41) is 0. The van der Waals surface area contributed by atoms with E-state index in [1.165, 1.54) is 51.6 Å². The molecule has 2 heteroatoms. The van der Waals surface area contributed by atoms with Crippen molar-refractivity contribution in [3.63, 3.8) is 0 Å². The number of unbranched alkanes of at least 4 members (excludes halogenated alkanes) is 3. The molecule has 0 amide bonds. The van der Waals surface area contributed by atoms with Crippen LogP contribution in [-0.4, -0.2) is 40.4 Å². The van der Waals surface area contributed by atoms with Crippen molar-refractivity contribution in [1.82, 2.24) is 4.90 Å². The first-order chi connectivity index (χ1) is 10.5. The summed E-state index contributed by atoms with van der Waals surface area (Å²) in [6.45, 7) is 19.5. The van der Waals surface area contributed by atoms with Crippen LogP contribution in [0, 0.1) is 5.92 Å². The van der Waals surface area contributed by atoms with E-state index in [0.717, 1.165) is 9.98 Å². The van der Waals surface area contributed by atoms with Crippen LogP contribution in [0.2, 0.25) is 13.3 Å². The van der Waals surface area contributed by atoms with Crippen LogP contribution in [0.25, 0.3) is 0 Å². The summed E-state index contributed by atoms with van der Waals surface area (Å²) in [6, 6.07) is 0. The van der Waals surface area contributed by atoms with Crippen molar-refractivity contribution in [1.29, 1.82) is 0 Å². The summed E-state index contributed by atoms with van der Waals surface area (Å²) in [6.07, 6.45) is 8.65. The van der Waals surface area contributed by atoms with Crippen LogP contribution in [0.3, 0.4) is 0 Å². The molecule has 0 rings (SSSR count). The summed E-state index contributed by atoms with van der Waals surface area (Å²) in [4.78, 5) is 2.86. The van der Waals surface area contributed by atoms with E-state index in [4.69, 9.17) is 0 Å². The first-order valence-electron chi connectivity index (χ1n) is 10.3. The SMILES string of the molecule is CCC[CH2][Sn]([CH2]CCC)([CH2]CCC)[CH](C(C)C)N(CC)CC. The Morgan fingerprint density at radius 2 is 1.05 bits per heavy atom. The summed E-state index contributed by atoms with van der Waals surface area (Å²) in [7, 11) is 0. The minimum atomic E-state index is -2.14. The molecule has 0 spiro atoms. The Kier molecular flexibility index (Phi) is 13.5. The van der Waals surface area contributed by atoms with Gasteiger partial charge >= 0.3 is 147 Å². The van der Waals surface area contributed by atoms with Gasteiger partial charge in [-0.25, -0.2) is 0 Å². The van der Waals surface area contributed by atoms with Gasteiger partial charge in [-0.05, 0) is 0 Å². The van der Waals surface area contributed by atoms with Gasteiger partial charge in [-0.2, -0.15) is 0 Å². The normalized spacial score (nSPS) is 14.0. The Labute approximate surface area is 146 Å². The van der Waals surface area contributed by atoms with Gasteiger partial charge in [0, 0.05) is 0 Å². The van der Waals surface area contributed by atoms with Gasteiger partial charge in [0.2, 0.25) is 0 Å². The zero-order valence-corrected chi connectivity index (χ0v) is 19.7. The zero-order valence-electron chi connectivity index (χ0n) is 16.9. The third-order valence-corrected chi connectivity index (χ3v) is 23.6. The van der Waals surface area contributed by atoms with Crippen molar-refractivity contribution >= 4 is 18.4 Å². The molecule has 1 atom stereocenters. The Balaban J connectivity index is 5.54. The van der Waals surface area contributed by atoms with Gasteiger partial charge in [-0.15, -0.1) is 0 Å². The number of hydrogen-bond donors (Lipinski definition) is 0. The zero-order chi connectivity index (χ0) is 17.0. The molecule has 0 fully saturated rings. The van der Waals surface area contributed by atoms with Crippen molar-refractivity contribution in [2.45, 2.75) is 104 Å². The molecular formula is C20H45NSn. The molecule has 1 nitrogen and oxygen atoms in total. The Morgan fingerprint density at radius 1 is 0.682 bits per heavy atom. The van der Waals surface area contributed by atoms with Crippen LogP contribution >= 0.6 is 0 Å².